The van der Waals surface area contributed by atoms with Gasteiger partial charge < -0.3 is 14.6 Å². The van der Waals surface area contributed by atoms with Gasteiger partial charge in [0.2, 0.25) is 0 Å². The molecule has 1 aliphatic rings. The highest BCUT2D eigenvalue weighted by Gasteiger charge is 2.23. The molecule has 3 aromatic rings. The Labute approximate surface area is 180 Å². The number of rotatable bonds is 6. The van der Waals surface area contributed by atoms with Crippen LogP contribution in [0.5, 0.6) is 0 Å². The Morgan fingerprint density at radius 3 is 2.38 bits per heavy atom. The number of hydrogen-bond acceptors (Lipinski definition) is 2. The van der Waals surface area contributed by atoms with E-state index in [2.05, 4.69) is 21.6 Å². The van der Waals surface area contributed by atoms with Gasteiger partial charge in [-0.05, 0) is 54.7 Å². The second-order valence-electron chi connectivity index (χ2n) is 7.75. The molecule has 0 bridgehead atoms. The Morgan fingerprint density at radius 2 is 1.69 bits per heavy atom. The zero-order valence-corrected chi connectivity index (χ0v) is 17.7. The molecule has 1 saturated heterocycles. The van der Waals surface area contributed by atoms with Gasteiger partial charge in [0.15, 0.2) is 0 Å². The number of carbonyl (C=O) groups is 1. The number of piperidine rings is 1. The minimum atomic E-state index is -0.817. The maximum atomic E-state index is 11.1. The van der Waals surface area contributed by atoms with E-state index in [1.165, 1.54) is 5.56 Å². The van der Waals surface area contributed by atoms with Gasteiger partial charge in [-0.15, -0.1) is 0 Å². The van der Waals surface area contributed by atoms with Crippen LogP contribution in [-0.2, 0) is 17.6 Å². The molecule has 29 heavy (non-hydrogen) atoms. The zero-order chi connectivity index (χ0) is 20.4. The van der Waals surface area contributed by atoms with Gasteiger partial charge in [0.05, 0.1) is 6.42 Å². The fraction of sp³-hybridized carbons (Fsp3) is 0.348. The van der Waals surface area contributed by atoms with Gasteiger partial charge in [-0.3, -0.25) is 4.79 Å². The fourth-order valence-electron chi connectivity index (χ4n) is 4.23. The van der Waals surface area contributed by atoms with E-state index in [0.29, 0.717) is 6.04 Å². The molecule has 4 nitrogen and oxygen atoms in total. The lowest BCUT2D eigenvalue weighted by atomic mass is 10.0. The maximum Gasteiger partial charge on any atom is 0.307 e. The number of carboxylic acid groups (broad SMARTS) is 1. The molecular weight excluding hydrogens is 407 g/mol. The van der Waals surface area contributed by atoms with Gasteiger partial charge in [-0.2, -0.15) is 0 Å². The van der Waals surface area contributed by atoms with Gasteiger partial charge in [-0.1, -0.05) is 47.5 Å². The van der Waals surface area contributed by atoms with Crippen LogP contribution in [0.3, 0.4) is 0 Å². The van der Waals surface area contributed by atoms with Gasteiger partial charge >= 0.3 is 5.97 Å². The molecule has 152 valence electrons. The van der Waals surface area contributed by atoms with Crippen LogP contribution in [0.4, 0.5) is 0 Å². The standard InChI is InChI=1S/C23H24Cl2N2O2/c24-19-5-2-16(3-6-19)7-10-26-11-8-20(9-12-26)27-21-13-17(14-23(28)29)1-4-18(21)15-22(27)25/h1-6,13,15,20H,7-12,14H2,(H,28,29). The van der Waals surface area contributed by atoms with Crippen molar-refractivity contribution in [3.8, 4) is 0 Å². The van der Waals surface area contributed by atoms with Gasteiger partial charge in [0.25, 0.3) is 0 Å². The van der Waals surface area contributed by atoms with Crippen molar-refractivity contribution in [2.75, 3.05) is 19.6 Å². The Hall–Kier alpha value is -2.01. The summed E-state index contributed by atoms with van der Waals surface area (Å²) in [6.45, 7) is 3.10. The molecule has 2 heterocycles. The molecule has 1 aliphatic heterocycles. The number of benzene rings is 2. The number of fused-ring (bicyclic) bond motifs is 1. The lowest BCUT2D eigenvalue weighted by Crippen LogP contribution is -2.36. The Bertz CT molecular complexity index is 1010. The van der Waals surface area contributed by atoms with Crippen molar-refractivity contribution in [2.45, 2.75) is 31.7 Å². The topological polar surface area (TPSA) is 45.5 Å². The molecule has 6 heteroatoms. The van der Waals surface area contributed by atoms with Crippen molar-refractivity contribution >= 4 is 40.1 Å². The first-order valence-corrected chi connectivity index (χ1v) is 10.7. The van der Waals surface area contributed by atoms with Crippen LogP contribution in [0, 0.1) is 0 Å². The number of aliphatic carboxylic acids is 1. The van der Waals surface area contributed by atoms with Crippen LogP contribution in [-0.4, -0.2) is 40.2 Å². The van der Waals surface area contributed by atoms with Crippen LogP contribution in [0.2, 0.25) is 10.2 Å². The number of hydrogen-bond donors (Lipinski definition) is 1. The van der Waals surface area contributed by atoms with Crippen LogP contribution < -0.4 is 0 Å². The lowest BCUT2D eigenvalue weighted by Gasteiger charge is -2.33. The summed E-state index contributed by atoms with van der Waals surface area (Å²) in [5, 5.41) is 11.7. The highest BCUT2D eigenvalue weighted by Crippen LogP contribution is 2.33. The summed E-state index contributed by atoms with van der Waals surface area (Å²) in [6, 6.07) is 16.2. The quantitative estimate of drug-likeness (QED) is 0.564. The van der Waals surface area contributed by atoms with E-state index in [1.807, 2.05) is 36.4 Å². The first-order valence-electron chi connectivity index (χ1n) is 9.97. The molecule has 0 spiro atoms. The molecule has 2 aromatic carbocycles. The number of aromatic nitrogens is 1. The maximum absolute atomic E-state index is 11.1. The Morgan fingerprint density at radius 1 is 1.00 bits per heavy atom. The second kappa shape index (κ2) is 8.78. The van der Waals surface area contributed by atoms with Crippen molar-refractivity contribution in [3.63, 3.8) is 0 Å². The first-order chi connectivity index (χ1) is 14.0. The predicted octanol–water partition coefficient (Wildman–Crippen LogP) is 5.45. The summed E-state index contributed by atoms with van der Waals surface area (Å²) in [5.41, 5.74) is 3.15. The zero-order valence-electron chi connectivity index (χ0n) is 16.2. The SMILES string of the molecule is O=C(O)Cc1ccc2cc(Cl)n(C3CCN(CCc4ccc(Cl)cc4)CC3)c2c1. The van der Waals surface area contributed by atoms with Crippen molar-refractivity contribution in [1.82, 2.24) is 9.47 Å². The summed E-state index contributed by atoms with van der Waals surface area (Å²) in [7, 11) is 0. The summed E-state index contributed by atoms with van der Waals surface area (Å²) >= 11 is 12.5. The van der Waals surface area contributed by atoms with Gasteiger partial charge in [0.1, 0.15) is 5.15 Å². The molecule has 0 radical (unpaired) electrons. The normalized spacial score (nSPS) is 15.8. The third-order valence-electron chi connectivity index (χ3n) is 5.77. The Balaban J connectivity index is 1.42. The van der Waals surface area contributed by atoms with Gasteiger partial charge in [-0.25, -0.2) is 0 Å². The lowest BCUT2D eigenvalue weighted by molar-refractivity contribution is -0.136. The molecule has 1 aromatic heterocycles. The van der Waals surface area contributed by atoms with E-state index in [1.54, 1.807) is 0 Å². The van der Waals surface area contributed by atoms with Crippen LogP contribution in [0.1, 0.15) is 30.0 Å². The van der Waals surface area contributed by atoms with E-state index >= 15 is 0 Å². The van der Waals surface area contributed by atoms with Crippen molar-refractivity contribution in [1.29, 1.82) is 0 Å². The van der Waals surface area contributed by atoms with Crippen molar-refractivity contribution in [3.05, 3.63) is 69.8 Å². The van der Waals surface area contributed by atoms with Gasteiger partial charge in [0, 0.05) is 41.6 Å². The highest BCUT2D eigenvalue weighted by atomic mass is 35.5. The monoisotopic (exact) mass is 430 g/mol. The number of carboxylic acids is 1. The summed E-state index contributed by atoms with van der Waals surface area (Å²) in [4.78, 5) is 13.6. The molecule has 0 unspecified atom stereocenters. The van der Waals surface area contributed by atoms with Crippen molar-refractivity contribution < 1.29 is 9.90 Å². The van der Waals surface area contributed by atoms with E-state index < -0.39 is 5.97 Å². The van der Waals surface area contributed by atoms with E-state index in [-0.39, 0.29) is 6.42 Å². The minimum Gasteiger partial charge on any atom is -0.481 e. The molecule has 0 amide bonds. The largest absolute Gasteiger partial charge is 0.481 e. The van der Waals surface area contributed by atoms with E-state index in [9.17, 15) is 4.79 Å². The predicted molar refractivity (Wildman–Crippen MR) is 118 cm³/mol. The van der Waals surface area contributed by atoms with Crippen LogP contribution in [0.25, 0.3) is 10.9 Å². The van der Waals surface area contributed by atoms with Crippen LogP contribution >= 0.6 is 23.2 Å². The molecule has 0 atom stereocenters. The molecule has 1 fully saturated rings. The number of likely N-dealkylation sites (tertiary alicyclic amines) is 1. The summed E-state index contributed by atoms with van der Waals surface area (Å²) in [5.74, 6) is -0.817. The summed E-state index contributed by atoms with van der Waals surface area (Å²) in [6.07, 6.45) is 3.12. The molecule has 4 rings (SSSR count). The van der Waals surface area contributed by atoms with Crippen molar-refractivity contribution in [2.24, 2.45) is 0 Å². The second-order valence-corrected chi connectivity index (χ2v) is 8.57. The highest BCUT2D eigenvalue weighted by molar-refractivity contribution is 6.31. The van der Waals surface area contributed by atoms with E-state index in [4.69, 9.17) is 28.3 Å². The average molecular weight is 431 g/mol. The first kappa shape index (κ1) is 20.3. The van der Waals surface area contributed by atoms with E-state index in [0.717, 1.165) is 65.5 Å². The third-order valence-corrected chi connectivity index (χ3v) is 6.31. The molecular formula is C23H24Cl2N2O2. The minimum absolute atomic E-state index is 0.0296. The fourth-order valence-corrected chi connectivity index (χ4v) is 4.70. The Kier molecular flexibility index (Phi) is 6.14. The number of halogens is 2. The molecule has 0 aliphatic carbocycles. The smallest absolute Gasteiger partial charge is 0.307 e. The number of nitrogens with zero attached hydrogens (tertiary/aromatic N) is 2. The molecule has 1 N–H and O–H groups in total. The molecule has 0 saturated carbocycles. The average Bonchev–Trinajstić information content (AvgIpc) is 3.02. The third kappa shape index (κ3) is 4.77. The summed E-state index contributed by atoms with van der Waals surface area (Å²) < 4.78 is 2.19. The van der Waals surface area contributed by atoms with Crippen LogP contribution in [0.15, 0.2) is 48.5 Å².